The van der Waals surface area contributed by atoms with Gasteiger partial charge in [-0.1, -0.05) is 57.0 Å². The first-order valence-corrected chi connectivity index (χ1v) is 8.78. The molecule has 0 amide bonds. The Morgan fingerprint density at radius 3 is 2.19 bits per heavy atom. The predicted molar refractivity (Wildman–Crippen MR) is 98.0 cm³/mol. The number of hydrogen-bond donors (Lipinski definition) is 1. The van der Waals surface area contributed by atoms with E-state index in [1.807, 2.05) is 0 Å². The highest BCUT2D eigenvalue weighted by atomic mass is 79.9. The Hall–Kier alpha value is -0.640. The average molecular weight is 411 g/mol. The summed E-state index contributed by atoms with van der Waals surface area (Å²) >= 11 is 7.27. The van der Waals surface area contributed by atoms with Crippen LogP contribution in [-0.2, 0) is 0 Å². The second-order valence-corrected chi connectivity index (χ2v) is 7.17. The van der Waals surface area contributed by atoms with Gasteiger partial charge in [-0.25, -0.2) is 0 Å². The fourth-order valence-electron chi connectivity index (χ4n) is 2.51. The molecule has 1 nitrogen and oxygen atoms in total. The zero-order valence-electron chi connectivity index (χ0n) is 12.9. The van der Waals surface area contributed by atoms with Crippen molar-refractivity contribution in [1.29, 1.82) is 0 Å². The van der Waals surface area contributed by atoms with Gasteiger partial charge in [0, 0.05) is 8.95 Å². The third-order valence-corrected chi connectivity index (χ3v) is 5.50. The van der Waals surface area contributed by atoms with E-state index < -0.39 is 0 Å². The molecule has 0 aliphatic carbocycles. The molecule has 1 unspecified atom stereocenters. The van der Waals surface area contributed by atoms with Crippen molar-refractivity contribution in [2.45, 2.75) is 33.7 Å². The van der Waals surface area contributed by atoms with E-state index in [0.717, 1.165) is 11.0 Å². The molecule has 0 aromatic heterocycles. The molecule has 1 atom stereocenters. The van der Waals surface area contributed by atoms with Crippen LogP contribution >= 0.6 is 31.9 Å². The maximum Gasteiger partial charge on any atom is 0.0579 e. The SMILES string of the molecule is CCNC(c1ccc(C)c(Br)c1)c1cc(C)c(Br)cc1C. The van der Waals surface area contributed by atoms with Crippen LogP contribution in [0.15, 0.2) is 39.3 Å². The van der Waals surface area contributed by atoms with Crippen molar-refractivity contribution in [2.75, 3.05) is 6.54 Å². The van der Waals surface area contributed by atoms with Crippen molar-refractivity contribution in [3.63, 3.8) is 0 Å². The van der Waals surface area contributed by atoms with Crippen molar-refractivity contribution in [2.24, 2.45) is 0 Å². The molecular formula is C18H21Br2N. The number of hydrogen-bond acceptors (Lipinski definition) is 1. The standard InChI is InChI=1S/C18H21Br2N/c1-5-21-18(14-7-6-11(2)17(20)10-14)15-8-13(4)16(19)9-12(15)3/h6-10,18,21H,5H2,1-4H3. The van der Waals surface area contributed by atoms with Gasteiger partial charge in [0.25, 0.3) is 0 Å². The van der Waals surface area contributed by atoms with Gasteiger partial charge in [0.2, 0.25) is 0 Å². The van der Waals surface area contributed by atoms with Gasteiger partial charge in [0.15, 0.2) is 0 Å². The Morgan fingerprint density at radius 2 is 1.57 bits per heavy atom. The lowest BCUT2D eigenvalue weighted by Crippen LogP contribution is -2.23. The molecule has 0 heterocycles. The summed E-state index contributed by atoms with van der Waals surface area (Å²) in [6.07, 6.45) is 0. The van der Waals surface area contributed by atoms with Crippen molar-refractivity contribution in [3.05, 3.63) is 67.1 Å². The lowest BCUT2D eigenvalue weighted by Gasteiger charge is -2.22. The maximum absolute atomic E-state index is 3.65. The molecular weight excluding hydrogens is 390 g/mol. The molecule has 0 radical (unpaired) electrons. The minimum atomic E-state index is 0.221. The second kappa shape index (κ2) is 7.08. The Morgan fingerprint density at radius 1 is 0.905 bits per heavy atom. The number of nitrogens with one attached hydrogen (secondary N) is 1. The average Bonchev–Trinajstić information content (AvgIpc) is 2.44. The fraction of sp³-hybridized carbons (Fsp3) is 0.333. The number of rotatable bonds is 4. The minimum Gasteiger partial charge on any atom is -0.307 e. The first kappa shape index (κ1) is 16.7. The van der Waals surface area contributed by atoms with E-state index in [1.54, 1.807) is 0 Å². The zero-order valence-corrected chi connectivity index (χ0v) is 16.1. The van der Waals surface area contributed by atoms with Gasteiger partial charge in [-0.05, 0) is 67.3 Å². The van der Waals surface area contributed by atoms with E-state index >= 15 is 0 Å². The summed E-state index contributed by atoms with van der Waals surface area (Å²) in [7, 11) is 0. The van der Waals surface area contributed by atoms with Gasteiger partial charge in [-0.15, -0.1) is 0 Å². The maximum atomic E-state index is 3.65. The Bertz CT molecular complexity index is 650. The highest BCUT2D eigenvalue weighted by molar-refractivity contribution is 9.10. The summed E-state index contributed by atoms with van der Waals surface area (Å²) in [5.41, 5.74) is 6.46. The molecule has 0 saturated heterocycles. The van der Waals surface area contributed by atoms with Crippen LogP contribution in [0.25, 0.3) is 0 Å². The third-order valence-electron chi connectivity index (χ3n) is 3.80. The van der Waals surface area contributed by atoms with Crippen molar-refractivity contribution in [1.82, 2.24) is 5.32 Å². The van der Waals surface area contributed by atoms with Crippen LogP contribution in [0.4, 0.5) is 0 Å². The van der Waals surface area contributed by atoms with Gasteiger partial charge in [-0.2, -0.15) is 0 Å². The van der Waals surface area contributed by atoms with E-state index in [-0.39, 0.29) is 6.04 Å². The van der Waals surface area contributed by atoms with Crippen LogP contribution in [0.3, 0.4) is 0 Å². The molecule has 0 bridgehead atoms. The monoisotopic (exact) mass is 409 g/mol. The largest absolute Gasteiger partial charge is 0.307 e. The summed E-state index contributed by atoms with van der Waals surface area (Å²) in [5.74, 6) is 0. The summed E-state index contributed by atoms with van der Waals surface area (Å²) in [6, 6.07) is 11.3. The Labute approximate surface area is 144 Å². The molecule has 0 aliphatic rings. The van der Waals surface area contributed by atoms with E-state index in [2.05, 4.69) is 95.2 Å². The lowest BCUT2D eigenvalue weighted by atomic mass is 9.93. The van der Waals surface area contributed by atoms with Gasteiger partial charge in [0.1, 0.15) is 0 Å². The molecule has 0 saturated carbocycles. The topological polar surface area (TPSA) is 12.0 Å². The van der Waals surface area contributed by atoms with Gasteiger partial charge in [-0.3, -0.25) is 0 Å². The number of halogens is 2. The van der Waals surface area contributed by atoms with Crippen LogP contribution in [0, 0.1) is 20.8 Å². The van der Waals surface area contributed by atoms with Crippen LogP contribution in [0.5, 0.6) is 0 Å². The zero-order chi connectivity index (χ0) is 15.6. The Balaban J connectivity index is 2.52. The molecule has 3 heteroatoms. The van der Waals surface area contributed by atoms with Crippen molar-refractivity contribution < 1.29 is 0 Å². The first-order valence-electron chi connectivity index (χ1n) is 7.20. The molecule has 2 aromatic carbocycles. The first-order chi connectivity index (χ1) is 9.93. The number of benzene rings is 2. The van der Waals surface area contributed by atoms with Crippen LogP contribution in [0.1, 0.15) is 40.8 Å². The smallest absolute Gasteiger partial charge is 0.0579 e. The minimum absolute atomic E-state index is 0.221. The molecule has 112 valence electrons. The van der Waals surface area contributed by atoms with Gasteiger partial charge >= 0.3 is 0 Å². The van der Waals surface area contributed by atoms with Crippen LogP contribution in [0.2, 0.25) is 0 Å². The van der Waals surface area contributed by atoms with Crippen molar-refractivity contribution in [3.8, 4) is 0 Å². The van der Waals surface area contributed by atoms with Gasteiger partial charge in [0.05, 0.1) is 6.04 Å². The molecule has 21 heavy (non-hydrogen) atoms. The fourth-order valence-corrected chi connectivity index (χ4v) is 3.37. The second-order valence-electron chi connectivity index (χ2n) is 5.46. The molecule has 0 fully saturated rings. The van der Waals surface area contributed by atoms with E-state index in [0.29, 0.717) is 0 Å². The normalized spacial score (nSPS) is 12.5. The molecule has 0 aliphatic heterocycles. The third kappa shape index (κ3) is 3.77. The van der Waals surface area contributed by atoms with E-state index in [1.165, 1.54) is 32.3 Å². The van der Waals surface area contributed by atoms with Crippen LogP contribution in [-0.4, -0.2) is 6.54 Å². The Kier molecular flexibility index (Phi) is 5.64. The highest BCUT2D eigenvalue weighted by Gasteiger charge is 2.17. The number of aryl methyl sites for hydroxylation is 3. The van der Waals surface area contributed by atoms with Gasteiger partial charge < -0.3 is 5.32 Å². The molecule has 2 aromatic rings. The van der Waals surface area contributed by atoms with E-state index in [9.17, 15) is 0 Å². The van der Waals surface area contributed by atoms with Crippen LogP contribution < -0.4 is 5.32 Å². The quantitative estimate of drug-likeness (QED) is 0.667. The lowest BCUT2D eigenvalue weighted by molar-refractivity contribution is 0.627. The highest BCUT2D eigenvalue weighted by Crippen LogP contribution is 2.31. The molecule has 0 spiro atoms. The summed E-state index contributed by atoms with van der Waals surface area (Å²) in [4.78, 5) is 0. The van der Waals surface area contributed by atoms with E-state index in [4.69, 9.17) is 0 Å². The summed E-state index contributed by atoms with van der Waals surface area (Å²) in [6.45, 7) is 9.52. The summed E-state index contributed by atoms with van der Waals surface area (Å²) in [5, 5.41) is 3.61. The predicted octanol–water partition coefficient (Wildman–Crippen LogP) is 5.84. The van der Waals surface area contributed by atoms with Crippen molar-refractivity contribution >= 4 is 31.9 Å². The molecule has 1 N–H and O–H groups in total. The molecule has 2 rings (SSSR count). The summed E-state index contributed by atoms with van der Waals surface area (Å²) < 4.78 is 2.33.